The molecule has 3 N–H and O–H groups in total. The van der Waals surface area contributed by atoms with Gasteiger partial charge in [-0.05, 0) is 12.1 Å². The number of hydrogen-bond acceptors (Lipinski definition) is 5. The van der Waals surface area contributed by atoms with Crippen LogP contribution in [-0.4, -0.2) is 32.3 Å². The van der Waals surface area contributed by atoms with Crippen molar-refractivity contribution < 1.29 is 24.5 Å². The molecule has 7 heteroatoms. The first-order chi connectivity index (χ1) is 8.32. The first kappa shape index (κ1) is 15.2. The maximum Gasteiger partial charge on any atom is 0.185 e. The molecule has 4 nitrogen and oxygen atoms in total. The number of hydrogen-bond donors (Lipinski definition) is 3. The molecular weight excluding hydrogens is 283 g/mol. The average molecular weight is 295 g/mol. The van der Waals surface area contributed by atoms with E-state index in [0.29, 0.717) is 0 Å². The Balaban J connectivity index is 2.89. The van der Waals surface area contributed by atoms with Crippen LogP contribution in [0.15, 0.2) is 12.1 Å². The highest BCUT2D eigenvalue weighted by Gasteiger charge is 2.24. The molecule has 0 spiro atoms. The summed E-state index contributed by atoms with van der Waals surface area (Å²) in [7, 11) is 0. The Morgan fingerprint density at radius 2 is 2.11 bits per heavy atom. The van der Waals surface area contributed by atoms with E-state index in [9.17, 15) is 24.5 Å². The Bertz CT molecular complexity index is 455. The fraction of sp³-hybridized carbons (Fsp3) is 0.364. The SMILES string of the molecule is CC(=O)SCC(O)C(O)c1cc(F)cc(Cl)c1O. The van der Waals surface area contributed by atoms with Crippen molar-refractivity contribution in [1.29, 1.82) is 0 Å². The summed E-state index contributed by atoms with van der Waals surface area (Å²) in [6, 6.07) is 1.78. The molecule has 0 radical (unpaired) electrons. The summed E-state index contributed by atoms with van der Waals surface area (Å²) < 4.78 is 13.1. The Morgan fingerprint density at radius 3 is 2.67 bits per heavy atom. The number of carbonyl (C=O) groups excluding carboxylic acids is 1. The van der Waals surface area contributed by atoms with Gasteiger partial charge in [-0.25, -0.2) is 4.39 Å². The molecule has 1 rings (SSSR count). The predicted octanol–water partition coefficient (Wildman–Crippen LogP) is 1.86. The summed E-state index contributed by atoms with van der Waals surface area (Å²) in [5.41, 5.74) is -0.211. The number of rotatable bonds is 4. The molecule has 0 fully saturated rings. The van der Waals surface area contributed by atoms with Crippen LogP contribution in [0.25, 0.3) is 0 Å². The van der Waals surface area contributed by atoms with Gasteiger partial charge in [0.05, 0.1) is 11.1 Å². The van der Waals surface area contributed by atoms with Crippen LogP contribution in [-0.2, 0) is 4.79 Å². The Kier molecular flexibility index (Phi) is 5.40. The van der Waals surface area contributed by atoms with E-state index in [1.165, 1.54) is 6.92 Å². The van der Waals surface area contributed by atoms with Gasteiger partial charge in [0.2, 0.25) is 0 Å². The minimum atomic E-state index is -1.52. The fourth-order valence-electron chi connectivity index (χ4n) is 1.31. The minimum absolute atomic E-state index is 0.0654. The molecule has 1 aromatic rings. The summed E-state index contributed by atoms with van der Waals surface area (Å²) in [6.45, 7) is 1.32. The highest BCUT2D eigenvalue weighted by Crippen LogP contribution is 2.34. The third kappa shape index (κ3) is 3.84. The molecule has 0 aliphatic rings. The van der Waals surface area contributed by atoms with Crippen molar-refractivity contribution in [2.45, 2.75) is 19.1 Å². The maximum absolute atomic E-state index is 13.1. The third-order valence-electron chi connectivity index (χ3n) is 2.20. The summed E-state index contributed by atoms with van der Waals surface area (Å²) in [4.78, 5) is 10.7. The topological polar surface area (TPSA) is 77.8 Å². The summed E-state index contributed by atoms with van der Waals surface area (Å²) in [5.74, 6) is -1.29. The molecule has 18 heavy (non-hydrogen) atoms. The molecular formula is C11H12ClFO4S. The van der Waals surface area contributed by atoms with Crippen LogP contribution >= 0.6 is 23.4 Å². The van der Waals surface area contributed by atoms with Crippen LogP contribution < -0.4 is 0 Å². The van der Waals surface area contributed by atoms with Crippen molar-refractivity contribution >= 4 is 28.5 Å². The lowest BCUT2D eigenvalue weighted by molar-refractivity contribution is -0.109. The largest absolute Gasteiger partial charge is 0.506 e. The van der Waals surface area contributed by atoms with E-state index >= 15 is 0 Å². The van der Waals surface area contributed by atoms with Crippen molar-refractivity contribution in [2.24, 2.45) is 0 Å². The summed E-state index contributed by atoms with van der Waals surface area (Å²) in [5, 5.41) is 28.5. The van der Waals surface area contributed by atoms with Crippen molar-refractivity contribution in [3.8, 4) is 5.75 Å². The standard InChI is InChI=1S/C11H12ClFO4S/c1-5(14)18-4-9(15)11(17)7-2-6(13)3-8(12)10(7)16/h2-3,9,11,15-17H,4H2,1H3. The zero-order chi connectivity index (χ0) is 13.9. The van der Waals surface area contributed by atoms with Crippen LogP contribution in [0.2, 0.25) is 5.02 Å². The molecule has 0 amide bonds. The molecule has 0 aromatic heterocycles. The molecule has 2 unspecified atom stereocenters. The molecule has 0 saturated heterocycles. The molecule has 0 aliphatic carbocycles. The number of benzene rings is 1. The minimum Gasteiger partial charge on any atom is -0.506 e. The van der Waals surface area contributed by atoms with E-state index in [1.807, 2.05) is 0 Å². The monoisotopic (exact) mass is 294 g/mol. The van der Waals surface area contributed by atoms with Gasteiger partial charge in [-0.2, -0.15) is 0 Å². The lowest BCUT2D eigenvalue weighted by Crippen LogP contribution is -2.21. The number of thioether (sulfide) groups is 1. The van der Waals surface area contributed by atoms with Gasteiger partial charge in [-0.15, -0.1) is 0 Å². The normalized spacial score (nSPS) is 14.3. The number of aromatic hydroxyl groups is 1. The van der Waals surface area contributed by atoms with Crippen LogP contribution in [0.5, 0.6) is 5.75 Å². The molecule has 0 saturated carbocycles. The van der Waals surface area contributed by atoms with E-state index < -0.39 is 23.8 Å². The number of carbonyl (C=O) groups is 1. The van der Waals surface area contributed by atoms with Gasteiger partial charge in [0.25, 0.3) is 0 Å². The molecule has 0 aliphatic heterocycles. The molecule has 100 valence electrons. The highest BCUT2D eigenvalue weighted by atomic mass is 35.5. The van der Waals surface area contributed by atoms with E-state index in [2.05, 4.69) is 0 Å². The zero-order valence-electron chi connectivity index (χ0n) is 9.43. The lowest BCUT2D eigenvalue weighted by Gasteiger charge is -2.18. The van der Waals surface area contributed by atoms with E-state index in [4.69, 9.17) is 11.6 Å². The summed E-state index contributed by atoms with van der Waals surface area (Å²) in [6.07, 6.45) is -2.84. The lowest BCUT2D eigenvalue weighted by atomic mass is 10.0. The van der Waals surface area contributed by atoms with Crippen molar-refractivity contribution in [3.05, 3.63) is 28.5 Å². The molecule has 0 bridgehead atoms. The van der Waals surface area contributed by atoms with E-state index in [-0.39, 0.29) is 21.5 Å². The third-order valence-corrected chi connectivity index (χ3v) is 3.40. The van der Waals surface area contributed by atoms with Crippen LogP contribution in [0, 0.1) is 5.82 Å². The number of aliphatic hydroxyl groups excluding tert-OH is 2. The molecule has 0 heterocycles. The van der Waals surface area contributed by atoms with Crippen molar-refractivity contribution in [2.75, 3.05) is 5.75 Å². The van der Waals surface area contributed by atoms with Gasteiger partial charge in [0, 0.05) is 18.2 Å². The second-order valence-electron chi connectivity index (χ2n) is 3.64. The van der Waals surface area contributed by atoms with Crippen LogP contribution in [0.4, 0.5) is 4.39 Å². The van der Waals surface area contributed by atoms with Gasteiger partial charge in [-0.1, -0.05) is 23.4 Å². The van der Waals surface area contributed by atoms with E-state index in [1.54, 1.807) is 0 Å². The van der Waals surface area contributed by atoms with Crippen molar-refractivity contribution in [1.82, 2.24) is 0 Å². The van der Waals surface area contributed by atoms with Gasteiger partial charge in [0.1, 0.15) is 17.7 Å². The Morgan fingerprint density at radius 1 is 1.50 bits per heavy atom. The number of phenols is 1. The second kappa shape index (κ2) is 6.38. The fourth-order valence-corrected chi connectivity index (χ4v) is 2.11. The number of phenolic OH excluding ortho intramolecular Hbond substituents is 1. The average Bonchev–Trinajstić information content (AvgIpc) is 2.29. The van der Waals surface area contributed by atoms with E-state index in [0.717, 1.165) is 23.9 Å². The first-order valence-corrected chi connectivity index (χ1v) is 6.36. The summed E-state index contributed by atoms with van der Waals surface area (Å²) >= 11 is 6.37. The maximum atomic E-state index is 13.1. The zero-order valence-corrected chi connectivity index (χ0v) is 11.0. The Labute approximate surface area is 112 Å². The second-order valence-corrected chi connectivity index (χ2v) is 5.24. The highest BCUT2D eigenvalue weighted by molar-refractivity contribution is 8.13. The smallest absolute Gasteiger partial charge is 0.185 e. The number of aliphatic hydroxyl groups is 2. The molecule has 1 aromatic carbocycles. The number of halogens is 2. The van der Waals surface area contributed by atoms with Crippen LogP contribution in [0.3, 0.4) is 0 Å². The molecule has 2 atom stereocenters. The van der Waals surface area contributed by atoms with Crippen LogP contribution in [0.1, 0.15) is 18.6 Å². The van der Waals surface area contributed by atoms with Gasteiger partial charge in [-0.3, -0.25) is 4.79 Å². The van der Waals surface area contributed by atoms with Crippen molar-refractivity contribution in [3.63, 3.8) is 0 Å². The quantitative estimate of drug-likeness (QED) is 0.790. The predicted molar refractivity (Wildman–Crippen MR) is 67.2 cm³/mol. The van der Waals surface area contributed by atoms with Gasteiger partial charge >= 0.3 is 0 Å². The van der Waals surface area contributed by atoms with Gasteiger partial charge < -0.3 is 15.3 Å². The first-order valence-electron chi connectivity index (χ1n) is 5.00. The Hall–Kier alpha value is -0.820. The van der Waals surface area contributed by atoms with Gasteiger partial charge in [0.15, 0.2) is 5.12 Å².